The molecule has 0 radical (unpaired) electrons. The average Bonchev–Trinajstić information content (AvgIpc) is 3.24. The fourth-order valence-electron chi connectivity index (χ4n) is 4.26. The molecule has 1 heterocycles. The number of hydrogen-bond acceptors (Lipinski definition) is 2. The maximum Gasteiger partial charge on any atom is 0.243 e. The van der Waals surface area contributed by atoms with E-state index in [0.29, 0.717) is 23.0 Å². The zero-order valence-corrected chi connectivity index (χ0v) is 20.0. The third-order valence-electron chi connectivity index (χ3n) is 6.12. The standard InChI is InChI=1S/C28H22ClNO2S/c1-19-6-13-24(14-7-19)33(31,32)30-17-22-16-27-20(2)4-3-5-25(27)26(28(22)18-30)15-10-21-8-11-23(29)12-9-21/h3-9,11-14,16H,17-18H2,1-2H3. The van der Waals surface area contributed by atoms with E-state index < -0.39 is 10.0 Å². The summed E-state index contributed by atoms with van der Waals surface area (Å²) < 4.78 is 28.3. The van der Waals surface area contributed by atoms with E-state index in [4.69, 9.17) is 11.6 Å². The number of fused-ring (bicyclic) bond motifs is 2. The molecule has 0 fully saturated rings. The summed E-state index contributed by atoms with van der Waals surface area (Å²) in [7, 11) is -3.61. The Morgan fingerprint density at radius 3 is 2.30 bits per heavy atom. The first-order valence-electron chi connectivity index (χ1n) is 10.7. The summed E-state index contributed by atoms with van der Waals surface area (Å²) in [5.41, 5.74) is 5.91. The summed E-state index contributed by atoms with van der Waals surface area (Å²) >= 11 is 6.01. The van der Waals surface area contributed by atoms with E-state index in [-0.39, 0.29) is 0 Å². The molecule has 0 unspecified atom stereocenters. The molecule has 0 saturated heterocycles. The molecule has 0 aliphatic carbocycles. The monoisotopic (exact) mass is 471 g/mol. The van der Waals surface area contributed by atoms with Crippen molar-refractivity contribution in [2.45, 2.75) is 31.8 Å². The largest absolute Gasteiger partial charge is 0.243 e. The van der Waals surface area contributed by atoms with E-state index in [0.717, 1.165) is 44.2 Å². The minimum absolute atomic E-state index is 0.306. The summed E-state index contributed by atoms with van der Waals surface area (Å²) in [6, 6.07) is 22.7. The van der Waals surface area contributed by atoms with Crippen molar-refractivity contribution >= 4 is 32.4 Å². The summed E-state index contributed by atoms with van der Waals surface area (Å²) in [5, 5.41) is 2.82. The molecular formula is C28H22ClNO2S. The van der Waals surface area contributed by atoms with Crippen LogP contribution in [-0.4, -0.2) is 12.7 Å². The fraction of sp³-hybridized carbons (Fsp3) is 0.143. The molecule has 0 atom stereocenters. The maximum absolute atomic E-state index is 13.4. The van der Waals surface area contributed by atoms with Gasteiger partial charge in [0.1, 0.15) is 0 Å². The third kappa shape index (κ3) is 4.05. The molecule has 0 amide bonds. The molecule has 4 aromatic carbocycles. The van der Waals surface area contributed by atoms with Crippen LogP contribution < -0.4 is 0 Å². The normalized spacial score (nSPS) is 13.5. The van der Waals surface area contributed by atoms with Crippen molar-refractivity contribution in [3.8, 4) is 11.8 Å². The highest BCUT2D eigenvalue weighted by molar-refractivity contribution is 7.89. The lowest BCUT2D eigenvalue weighted by molar-refractivity contribution is 0.431. The molecule has 3 nitrogen and oxygen atoms in total. The second-order valence-electron chi connectivity index (χ2n) is 8.40. The lowest BCUT2D eigenvalue weighted by Crippen LogP contribution is -2.25. The second kappa shape index (κ2) is 8.35. The molecule has 1 aliphatic rings. The van der Waals surface area contributed by atoms with Crippen LogP contribution in [-0.2, 0) is 23.1 Å². The van der Waals surface area contributed by atoms with Crippen molar-refractivity contribution in [1.29, 1.82) is 0 Å². The molecule has 4 aromatic rings. The molecule has 0 spiro atoms. The van der Waals surface area contributed by atoms with Crippen LogP contribution in [0.1, 0.15) is 33.4 Å². The van der Waals surface area contributed by atoms with Crippen LogP contribution in [0.15, 0.2) is 77.7 Å². The molecule has 33 heavy (non-hydrogen) atoms. The molecule has 0 bridgehead atoms. The topological polar surface area (TPSA) is 37.4 Å². The molecule has 5 heteroatoms. The molecule has 0 saturated carbocycles. The third-order valence-corrected chi connectivity index (χ3v) is 8.18. The Bertz CT molecular complexity index is 1540. The van der Waals surface area contributed by atoms with Crippen LogP contribution in [0.25, 0.3) is 10.8 Å². The molecule has 164 valence electrons. The van der Waals surface area contributed by atoms with Gasteiger partial charge in [-0.15, -0.1) is 0 Å². The maximum atomic E-state index is 13.4. The van der Waals surface area contributed by atoms with E-state index in [2.05, 4.69) is 37.0 Å². The van der Waals surface area contributed by atoms with Gasteiger partial charge in [-0.05, 0) is 83.8 Å². The van der Waals surface area contributed by atoms with Crippen molar-refractivity contribution in [1.82, 2.24) is 4.31 Å². The Balaban J connectivity index is 1.63. The zero-order valence-electron chi connectivity index (χ0n) is 18.4. The Morgan fingerprint density at radius 1 is 0.848 bits per heavy atom. The van der Waals surface area contributed by atoms with Gasteiger partial charge in [0.05, 0.1) is 4.90 Å². The highest BCUT2D eigenvalue weighted by atomic mass is 35.5. The summed E-state index contributed by atoms with van der Waals surface area (Å²) in [5.74, 6) is 6.60. The summed E-state index contributed by atoms with van der Waals surface area (Å²) in [6.07, 6.45) is 0. The predicted octanol–water partition coefficient (Wildman–Crippen LogP) is 6.21. The van der Waals surface area contributed by atoms with E-state index in [1.807, 2.05) is 49.4 Å². The van der Waals surface area contributed by atoms with Crippen LogP contribution in [0.5, 0.6) is 0 Å². The molecule has 5 rings (SSSR count). The van der Waals surface area contributed by atoms with Crippen molar-refractivity contribution in [2.75, 3.05) is 0 Å². The summed E-state index contributed by atoms with van der Waals surface area (Å²) in [6.45, 7) is 4.66. The van der Waals surface area contributed by atoms with Gasteiger partial charge in [0, 0.05) is 29.2 Å². The van der Waals surface area contributed by atoms with Crippen LogP contribution in [0.2, 0.25) is 5.02 Å². The van der Waals surface area contributed by atoms with Crippen LogP contribution in [0.3, 0.4) is 0 Å². The quantitative estimate of drug-likeness (QED) is 0.326. The Morgan fingerprint density at radius 2 is 1.58 bits per heavy atom. The highest BCUT2D eigenvalue weighted by Crippen LogP contribution is 2.36. The van der Waals surface area contributed by atoms with Crippen LogP contribution in [0.4, 0.5) is 0 Å². The molecule has 0 N–H and O–H groups in total. The lowest BCUT2D eigenvalue weighted by Gasteiger charge is -2.15. The van der Waals surface area contributed by atoms with Crippen molar-refractivity contribution in [3.05, 3.63) is 111 Å². The highest BCUT2D eigenvalue weighted by Gasteiger charge is 2.32. The average molecular weight is 472 g/mol. The van der Waals surface area contributed by atoms with Crippen LogP contribution in [0, 0.1) is 25.7 Å². The lowest BCUT2D eigenvalue weighted by atomic mass is 9.93. The smallest absolute Gasteiger partial charge is 0.207 e. The van der Waals surface area contributed by atoms with Gasteiger partial charge in [0.25, 0.3) is 0 Å². The number of benzene rings is 4. The van der Waals surface area contributed by atoms with Gasteiger partial charge in [-0.1, -0.05) is 59.3 Å². The van der Waals surface area contributed by atoms with Crippen molar-refractivity contribution in [2.24, 2.45) is 0 Å². The van der Waals surface area contributed by atoms with Gasteiger partial charge in [0.15, 0.2) is 0 Å². The second-order valence-corrected chi connectivity index (χ2v) is 10.8. The number of nitrogens with zero attached hydrogens (tertiary/aromatic N) is 1. The SMILES string of the molecule is Cc1ccc(S(=O)(=O)N2Cc3cc4c(C)cccc4c(C#Cc4ccc(Cl)cc4)c3C2)cc1. The number of sulfonamides is 1. The number of hydrogen-bond donors (Lipinski definition) is 0. The van der Waals surface area contributed by atoms with Crippen LogP contribution >= 0.6 is 11.6 Å². The van der Waals surface area contributed by atoms with E-state index in [1.165, 1.54) is 0 Å². The van der Waals surface area contributed by atoms with Gasteiger partial charge in [-0.3, -0.25) is 0 Å². The first kappa shape index (κ1) is 21.7. The van der Waals surface area contributed by atoms with E-state index >= 15 is 0 Å². The minimum Gasteiger partial charge on any atom is -0.207 e. The molecule has 1 aliphatic heterocycles. The Hall–Kier alpha value is -3.10. The van der Waals surface area contributed by atoms with Gasteiger partial charge in [-0.2, -0.15) is 4.31 Å². The van der Waals surface area contributed by atoms with Gasteiger partial charge in [0.2, 0.25) is 10.0 Å². The fourth-order valence-corrected chi connectivity index (χ4v) is 5.77. The number of rotatable bonds is 2. The first-order valence-corrected chi connectivity index (χ1v) is 12.5. The Labute approximate surface area is 199 Å². The van der Waals surface area contributed by atoms with E-state index in [9.17, 15) is 8.42 Å². The molecular weight excluding hydrogens is 450 g/mol. The Kier molecular flexibility index (Phi) is 5.50. The predicted molar refractivity (Wildman–Crippen MR) is 134 cm³/mol. The van der Waals surface area contributed by atoms with Gasteiger partial charge in [-0.25, -0.2) is 8.42 Å². The zero-order chi connectivity index (χ0) is 23.2. The first-order chi connectivity index (χ1) is 15.8. The van der Waals surface area contributed by atoms with Gasteiger partial charge < -0.3 is 0 Å². The van der Waals surface area contributed by atoms with Gasteiger partial charge >= 0.3 is 0 Å². The van der Waals surface area contributed by atoms with E-state index in [1.54, 1.807) is 16.4 Å². The summed E-state index contributed by atoms with van der Waals surface area (Å²) in [4.78, 5) is 0.315. The van der Waals surface area contributed by atoms with Crippen molar-refractivity contribution in [3.63, 3.8) is 0 Å². The number of halogens is 1. The van der Waals surface area contributed by atoms with Crippen molar-refractivity contribution < 1.29 is 8.42 Å². The molecule has 0 aromatic heterocycles. The number of aryl methyl sites for hydroxylation is 2. The minimum atomic E-state index is -3.61.